The first-order chi connectivity index (χ1) is 8.99. The predicted octanol–water partition coefficient (Wildman–Crippen LogP) is 5.22. The SMILES string of the molecule is CCCCC(CC)C(=O)Nc1cc(C)c(Br)c(C)c1. The van der Waals surface area contributed by atoms with E-state index >= 15 is 0 Å². The molecule has 1 aromatic rings. The summed E-state index contributed by atoms with van der Waals surface area (Å²) in [5.74, 6) is 0.279. The molecule has 0 saturated heterocycles. The van der Waals surface area contributed by atoms with E-state index in [2.05, 4.69) is 35.1 Å². The molecule has 0 radical (unpaired) electrons. The quantitative estimate of drug-likeness (QED) is 0.763. The minimum atomic E-state index is 0.129. The Morgan fingerprint density at radius 2 is 1.84 bits per heavy atom. The summed E-state index contributed by atoms with van der Waals surface area (Å²) in [5, 5.41) is 3.05. The van der Waals surface area contributed by atoms with Crippen molar-refractivity contribution in [1.82, 2.24) is 0 Å². The van der Waals surface area contributed by atoms with Crippen LogP contribution in [0.5, 0.6) is 0 Å². The van der Waals surface area contributed by atoms with Crippen LogP contribution in [-0.2, 0) is 4.79 Å². The summed E-state index contributed by atoms with van der Waals surface area (Å²) in [4.78, 5) is 12.2. The van der Waals surface area contributed by atoms with Crippen molar-refractivity contribution in [3.8, 4) is 0 Å². The molecule has 1 N–H and O–H groups in total. The minimum Gasteiger partial charge on any atom is -0.326 e. The maximum Gasteiger partial charge on any atom is 0.227 e. The van der Waals surface area contributed by atoms with E-state index in [4.69, 9.17) is 0 Å². The summed E-state index contributed by atoms with van der Waals surface area (Å²) >= 11 is 3.54. The number of nitrogens with one attached hydrogen (secondary N) is 1. The molecule has 0 aliphatic carbocycles. The van der Waals surface area contributed by atoms with Crippen LogP contribution in [0.4, 0.5) is 5.69 Å². The molecule has 1 unspecified atom stereocenters. The predicted molar refractivity (Wildman–Crippen MR) is 85.6 cm³/mol. The molecule has 19 heavy (non-hydrogen) atoms. The largest absolute Gasteiger partial charge is 0.326 e. The number of unbranched alkanes of at least 4 members (excludes halogenated alkanes) is 1. The standard InChI is InChI=1S/C16H24BrNO/c1-5-7-8-13(6-2)16(19)18-14-9-11(3)15(17)12(4)10-14/h9-10,13H,5-8H2,1-4H3,(H,18,19). The number of rotatable bonds is 6. The number of anilines is 1. The second-order valence-electron chi connectivity index (χ2n) is 5.16. The van der Waals surface area contributed by atoms with Crippen LogP contribution in [0, 0.1) is 19.8 Å². The van der Waals surface area contributed by atoms with Crippen LogP contribution < -0.4 is 5.32 Å². The lowest BCUT2D eigenvalue weighted by atomic mass is 9.98. The Hall–Kier alpha value is -0.830. The smallest absolute Gasteiger partial charge is 0.227 e. The topological polar surface area (TPSA) is 29.1 Å². The molecular formula is C16H24BrNO. The van der Waals surface area contributed by atoms with Crippen LogP contribution in [0.2, 0.25) is 0 Å². The van der Waals surface area contributed by atoms with E-state index in [0.717, 1.165) is 47.0 Å². The van der Waals surface area contributed by atoms with E-state index in [1.807, 2.05) is 26.0 Å². The Kier molecular flexibility index (Phi) is 6.56. The van der Waals surface area contributed by atoms with Crippen LogP contribution in [-0.4, -0.2) is 5.91 Å². The average molecular weight is 326 g/mol. The molecule has 0 spiro atoms. The van der Waals surface area contributed by atoms with Gasteiger partial charge in [0.25, 0.3) is 0 Å². The highest BCUT2D eigenvalue weighted by Crippen LogP contribution is 2.25. The van der Waals surface area contributed by atoms with E-state index in [1.54, 1.807) is 0 Å². The highest BCUT2D eigenvalue weighted by molar-refractivity contribution is 9.10. The number of carbonyl (C=O) groups excluding carboxylic acids is 1. The third kappa shape index (κ3) is 4.64. The van der Waals surface area contributed by atoms with Gasteiger partial charge in [-0.2, -0.15) is 0 Å². The van der Waals surface area contributed by atoms with Gasteiger partial charge in [0.05, 0.1) is 0 Å². The van der Waals surface area contributed by atoms with Crippen LogP contribution in [0.3, 0.4) is 0 Å². The molecule has 2 nitrogen and oxygen atoms in total. The first-order valence-electron chi connectivity index (χ1n) is 7.07. The number of hydrogen-bond donors (Lipinski definition) is 1. The monoisotopic (exact) mass is 325 g/mol. The third-order valence-corrected chi connectivity index (χ3v) is 4.72. The van der Waals surface area contributed by atoms with Gasteiger partial charge < -0.3 is 5.32 Å². The van der Waals surface area contributed by atoms with E-state index in [1.165, 1.54) is 0 Å². The number of hydrogen-bond acceptors (Lipinski definition) is 1. The summed E-state index contributed by atoms with van der Waals surface area (Å²) in [6.07, 6.45) is 4.14. The molecule has 0 saturated carbocycles. The normalized spacial score (nSPS) is 12.3. The molecule has 1 aromatic carbocycles. The maximum absolute atomic E-state index is 12.2. The molecule has 1 rings (SSSR count). The minimum absolute atomic E-state index is 0.129. The molecule has 0 aliphatic rings. The fourth-order valence-corrected chi connectivity index (χ4v) is 2.46. The zero-order valence-corrected chi connectivity index (χ0v) is 13.9. The Labute approximate surface area is 125 Å². The average Bonchev–Trinajstić information content (AvgIpc) is 2.36. The maximum atomic E-state index is 12.2. The van der Waals surface area contributed by atoms with Gasteiger partial charge in [0.15, 0.2) is 0 Å². The molecule has 0 fully saturated rings. The number of halogens is 1. The lowest BCUT2D eigenvalue weighted by molar-refractivity contribution is -0.120. The van der Waals surface area contributed by atoms with Gasteiger partial charge in [0, 0.05) is 16.1 Å². The van der Waals surface area contributed by atoms with Gasteiger partial charge in [-0.3, -0.25) is 4.79 Å². The first-order valence-corrected chi connectivity index (χ1v) is 7.86. The highest BCUT2D eigenvalue weighted by atomic mass is 79.9. The van der Waals surface area contributed by atoms with Crippen LogP contribution in [0.15, 0.2) is 16.6 Å². The van der Waals surface area contributed by atoms with E-state index in [-0.39, 0.29) is 11.8 Å². The van der Waals surface area contributed by atoms with E-state index in [9.17, 15) is 4.79 Å². The Balaban J connectivity index is 2.75. The zero-order chi connectivity index (χ0) is 14.4. The van der Waals surface area contributed by atoms with Gasteiger partial charge in [-0.1, -0.05) is 42.6 Å². The molecule has 0 aliphatic heterocycles. The Morgan fingerprint density at radius 3 is 2.32 bits per heavy atom. The molecule has 1 amide bonds. The zero-order valence-electron chi connectivity index (χ0n) is 12.3. The van der Waals surface area contributed by atoms with Crippen LogP contribution >= 0.6 is 15.9 Å². The number of aryl methyl sites for hydroxylation is 2. The summed E-state index contributed by atoms with van der Waals surface area (Å²) in [6, 6.07) is 4.03. The lowest BCUT2D eigenvalue weighted by Gasteiger charge is -2.16. The van der Waals surface area contributed by atoms with Gasteiger partial charge in [-0.25, -0.2) is 0 Å². The van der Waals surface area contributed by atoms with Crippen molar-refractivity contribution in [3.63, 3.8) is 0 Å². The van der Waals surface area contributed by atoms with Crippen molar-refractivity contribution in [2.45, 2.75) is 53.4 Å². The number of amides is 1. The number of benzene rings is 1. The Morgan fingerprint density at radius 1 is 1.26 bits per heavy atom. The molecule has 0 aromatic heterocycles. The highest BCUT2D eigenvalue weighted by Gasteiger charge is 2.16. The van der Waals surface area contributed by atoms with Crippen molar-refractivity contribution in [3.05, 3.63) is 27.7 Å². The fraction of sp³-hybridized carbons (Fsp3) is 0.562. The molecule has 1 atom stereocenters. The second-order valence-corrected chi connectivity index (χ2v) is 5.95. The third-order valence-electron chi connectivity index (χ3n) is 3.47. The molecule has 0 bridgehead atoms. The van der Waals surface area contributed by atoms with Crippen molar-refractivity contribution in [1.29, 1.82) is 0 Å². The van der Waals surface area contributed by atoms with Gasteiger partial charge in [0.2, 0.25) is 5.91 Å². The number of carbonyl (C=O) groups is 1. The summed E-state index contributed by atoms with van der Waals surface area (Å²) in [6.45, 7) is 8.33. The Bertz CT molecular complexity index is 419. The summed E-state index contributed by atoms with van der Waals surface area (Å²) in [7, 11) is 0. The lowest BCUT2D eigenvalue weighted by Crippen LogP contribution is -2.22. The molecule has 0 heterocycles. The van der Waals surface area contributed by atoms with Crippen LogP contribution in [0.1, 0.15) is 50.7 Å². The summed E-state index contributed by atoms with van der Waals surface area (Å²) < 4.78 is 1.11. The van der Waals surface area contributed by atoms with E-state index in [0.29, 0.717) is 0 Å². The van der Waals surface area contributed by atoms with Gasteiger partial charge in [0.1, 0.15) is 0 Å². The van der Waals surface area contributed by atoms with Crippen molar-refractivity contribution in [2.24, 2.45) is 5.92 Å². The fourth-order valence-electron chi connectivity index (χ4n) is 2.23. The van der Waals surface area contributed by atoms with Crippen molar-refractivity contribution < 1.29 is 4.79 Å². The first kappa shape index (κ1) is 16.2. The molecule has 3 heteroatoms. The second kappa shape index (κ2) is 7.68. The van der Waals surface area contributed by atoms with Crippen LogP contribution in [0.25, 0.3) is 0 Å². The van der Waals surface area contributed by atoms with Gasteiger partial charge in [-0.05, 0) is 49.9 Å². The van der Waals surface area contributed by atoms with Crippen molar-refractivity contribution in [2.75, 3.05) is 5.32 Å². The van der Waals surface area contributed by atoms with Gasteiger partial charge >= 0.3 is 0 Å². The van der Waals surface area contributed by atoms with Crippen molar-refractivity contribution >= 4 is 27.5 Å². The summed E-state index contributed by atoms with van der Waals surface area (Å²) in [5.41, 5.74) is 3.20. The van der Waals surface area contributed by atoms with E-state index < -0.39 is 0 Å². The molecular weight excluding hydrogens is 302 g/mol. The van der Waals surface area contributed by atoms with Gasteiger partial charge in [-0.15, -0.1) is 0 Å². The molecule has 106 valence electrons.